The zero-order chi connectivity index (χ0) is 16.6. The van der Waals surface area contributed by atoms with Gasteiger partial charge in [0.2, 0.25) is 0 Å². The predicted octanol–water partition coefficient (Wildman–Crippen LogP) is 1.63. The van der Waals surface area contributed by atoms with E-state index in [2.05, 4.69) is 10.4 Å². The standard InChI is InChI=1S/C16H19N3O3S/c1-19-15-8-4-7-14(13(15)10-17-19)18-16(20)11-5-3-6-12(9-11)23(2,21)22/h3,5-6,9-10,14H,4,7-8H2,1-2H3,(H,18,20). The highest BCUT2D eigenvalue weighted by molar-refractivity contribution is 7.90. The van der Waals surface area contributed by atoms with Crippen LogP contribution in [0.5, 0.6) is 0 Å². The summed E-state index contributed by atoms with van der Waals surface area (Å²) in [7, 11) is -1.43. The van der Waals surface area contributed by atoms with Gasteiger partial charge in [-0.05, 0) is 37.5 Å². The molecule has 0 radical (unpaired) electrons. The highest BCUT2D eigenvalue weighted by atomic mass is 32.2. The van der Waals surface area contributed by atoms with Crippen molar-refractivity contribution in [3.63, 3.8) is 0 Å². The number of benzene rings is 1. The molecule has 1 atom stereocenters. The molecule has 1 amide bonds. The van der Waals surface area contributed by atoms with Crippen LogP contribution < -0.4 is 5.32 Å². The van der Waals surface area contributed by atoms with Gasteiger partial charge in [0.25, 0.3) is 5.91 Å². The van der Waals surface area contributed by atoms with Crippen LogP contribution in [0.1, 0.15) is 40.5 Å². The van der Waals surface area contributed by atoms with E-state index >= 15 is 0 Å². The first-order valence-electron chi connectivity index (χ1n) is 7.48. The van der Waals surface area contributed by atoms with Gasteiger partial charge >= 0.3 is 0 Å². The first-order chi connectivity index (χ1) is 10.9. The molecule has 0 saturated carbocycles. The van der Waals surface area contributed by atoms with E-state index in [-0.39, 0.29) is 16.8 Å². The van der Waals surface area contributed by atoms with Gasteiger partial charge in [0.1, 0.15) is 0 Å². The Kier molecular flexibility index (Phi) is 3.97. The second-order valence-electron chi connectivity index (χ2n) is 5.89. The average molecular weight is 333 g/mol. The molecule has 1 aromatic heterocycles. The maximum Gasteiger partial charge on any atom is 0.251 e. The van der Waals surface area contributed by atoms with E-state index in [0.29, 0.717) is 5.56 Å². The van der Waals surface area contributed by atoms with Crippen LogP contribution in [-0.4, -0.2) is 30.4 Å². The normalized spacial score (nSPS) is 17.6. The molecule has 1 unspecified atom stereocenters. The van der Waals surface area contributed by atoms with Crippen molar-refractivity contribution in [2.24, 2.45) is 7.05 Å². The molecule has 2 aromatic rings. The highest BCUT2D eigenvalue weighted by Crippen LogP contribution is 2.29. The van der Waals surface area contributed by atoms with Gasteiger partial charge in [0, 0.05) is 30.1 Å². The zero-order valence-electron chi connectivity index (χ0n) is 13.1. The molecule has 7 heteroatoms. The molecule has 0 saturated heterocycles. The molecule has 6 nitrogen and oxygen atoms in total. The van der Waals surface area contributed by atoms with Gasteiger partial charge in [-0.15, -0.1) is 0 Å². The molecule has 1 heterocycles. The number of nitrogens with zero attached hydrogens (tertiary/aromatic N) is 2. The fraction of sp³-hybridized carbons (Fsp3) is 0.375. The van der Waals surface area contributed by atoms with Crippen LogP contribution in [0, 0.1) is 0 Å². The van der Waals surface area contributed by atoms with Crippen LogP contribution in [0.2, 0.25) is 0 Å². The van der Waals surface area contributed by atoms with E-state index in [9.17, 15) is 13.2 Å². The summed E-state index contributed by atoms with van der Waals surface area (Å²) in [5.74, 6) is -0.266. The van der Waals surface area contributed by atoms with E-state index < -0.39 is 9.84 Å². The molecule has 0 fully saturated rings. The molecule has 0 bridgehead atoms. The Bertz CT molecular complexity index is 855. The summed E-state index contributed by atoms with van der Waals surface area (Å²) < 4.78 is 25.1. The molecule has 1 N–H and O–H groups in total. The molecule has 1 aliphatic rings. The van der Waals surface area contributed by atoms with Crippen molar-refractivity contribution in [2.45, 2.75) is 30.2 Å². The van der Waals surface area contributed by atoms with E-state index in [1.54, 1.807) is 18.3 Å². The Morgan fingerprint density at radius 1 is 1.39 bits per heavy atom. The van der Waals surface area contributed by atoms with Gasteiger partial charge in [0.15, 0.2) is 9.84 Å². The minimum Gasteiger partial charge on any atom is -0.345 e. The third kappa shape index (κ3) is 3.14. The Balaban J connectivity index is 1.83. The van der Waals surface area contributed by atoms with Gasteiger partial charge in [-0.25, -0.2) is 8.42 Å². The maximum atomic E-state index is 12.5. The molecule has 23 heavy (non-hydrogen) atoms. The lowest BCUT2D eigenvalue weighted by molar-refractivity contribution is 0.0932. The molecule has 0 aliphatic heterocycles. The number of nitrogens with one attached hydrogen (secondary N) is 1. The van der Waals surface area contributed by atoms with Gasteiger partial charge in [-0.2, -0.15) is 5.10 Å². The summed E-state index contributed by atoms with van der Waals surface area (Å²) in [5, 5.41) is 7.26. The van der Waals surface area contributed by atoms with Crippen molar-refractivity contribution in [1.29, 1.82) is 0 Å². The van der Waals surface area contributed by atoms with Crippen molar-refractivity contribution in [3.8, 4) is 0 Å². The molecular formula is C16H19N3O3S. The Hall–Kier alpha value is -2.15. The smallest absolute Gasteiger partial charge is 0.251 e. The SMILES string of the molecule is Cn1ncc2c1CCCC2NC(=O)c1cccc(S(C)(=O)=O)c1. The Morgan fingerprint density at radius 3 is 2.91 bits per heavy atom. The summed E-state index contributed by atoms with van der Waals surface area (Å²) >= 11 is 0. The van der Waals surface area contributed by atoms with E-state index in [0.717, 1.165) is 36.8 Å². The quantitative estimate of drug-likeness (QED) is 0.926. The molecular weight excluding hydrogens is 314 g/mol. The summed E-state index contributed by atoms with van der Waals surface area (Å²) in [6.45, 7) is 0. The van der Waals surface area contributed by atoms with Gasteiger partial charge in [-0.1, -0.05) is 6.07 Å². The first-order valence-corrected chi connectivity index (χ1v) is 9.37. The summed E-state index contributed by atoms with van der Waals surface area (Å²) in [6, 6.07) is 6.03. The number of aryl methyl sites for hydroxylation is 1. The third-order valence-electron chi connectivity index (χ3n) is 4.21. The fourth-order valence-electron chi connectivity index (χ4n) is 2.97. The van der Waals surface area contributed by atoms with Crippen molar-refractivity contribution < 1.29 is 13.2 Å². The maximum absolute atomic E-state index is 12.5. The number of rotatable bonds is 3. The topological polar surface area (TPSA) is 81.1 Å². The molecule has 0 spiro atoms. The lowest BCUT2D eigenvalue weighted by Gasteiger charge is -2.23. The number of sulfone groups is 1. The third-order valence-corrected chi connectivity index (χ3v) is 5.32. The minimum atomic E-state index is -3.33. The molecule has 3 rings (SSSR count). The monoisotopic (exact) mass is 333 g/mol. The van der Waals surface area contributed by atoms with Crippen LogP contribution in [0.15, 0.2) is 35.4 Å². The lowest BCUT2D eigenvalue weighted by Crippen LogP contribution is -2.31. The summed E-state index contributed by atoms with van der Waals surface area (Å²) in [4.78, 5) is 12.6. The molecule has 1 aromatic carbocycles. The first kappa shape index (κ1) is 15.7. The Morgan fingerprint density at radius 2 is 2.17 bits per heavy atom. The fourth-order valence-corrected chi connectivity index (χ4v) is 3.63. The summed E-state index contributed by atoms with van der Waals surface area (Å²) in [6.07, 6.45) is 5.73. The van der Waals surface area contributed by atoms with Crippen molar-refractivity contribution >= 4 is 15.7 Å². The lowest BCUT2D eigenvalue weighted by atomic mass is 9.93. The molecule has 122 valence electrons. The number of carbonyl (C=O) groups excluding carboxylic acids is 1. The van der Waals surface area contributed by atoms with E-state index in [4.69, 9.17) is 0 Å². The summed E-state index contributed by atoms with van der Waals surface area (Å²) in [5.41, 5.74) is 2.54. The Labute approximate surface area is 135 Å². The molecule has 1 aliphatic carbocycles. The van der Waals surface area contributed by atoms with Crippen molar-refractivity contribution in [3.05, 3.63) is 47.3 Å². The zero-order valence-corrected chi connectivity index (χ0v) is 13.9. The van der Waals surface area contributed by atoms with Gasteiger partial charge in [-0.3, -0.25) is 9.48 Å². The number of hydrogen-bond donors (Lipinski definition) is 1. The number of aromatic nitrogens is 2. The van der Waals surface area contributed by atoms with Crippen molar-refractivity contribution in [1.82, 2.24) is 15.1 Å². The van der Waals surface area contributed by atoms with Crippen LogP contribution in [0.3, 0.4) is 0 Å². The largest absolute Gasteiger partial charge is 0.345 e. The predicted molar refractivity (Wildman–Crippen MR) is 85.9 cm³/mol. The van der Waals surface area contributed by atoms with E-state index in [1.807, 2.05) is 11.7 Å². The number of fused-ring (bicyclic) bond motifs is 1. The number of amides is 1. The second-order valence-corrected chi connectivity index (χ2v) is 7.90. The van der Waals surface area contributed by atoms with Crippen LogP contribution in [0.25, 0.3) is 0 Å². The van der Waals surface area contributed by atoms with Gasteiger partial charge in [0.05, 0.1) is 17.1 Å². The minimum absolute atomic E-state index is 0.0816. The van der Waals surface area contributed by atoms with E-state index in [1.165, 1.54) is 12.1 Å². The van der Waals surface area contributed by atoms with Crippen LogP contribution in [0.4, 0.5) is 0 Å². The number of carbonyl (C=O) groups is 1. The van der Waals surface area contributed by atoms with Crippen LogP contribution >= 0.6 is 0 Å². The van der Waals surface area contributed by atoms with Crippen molar-refractivity contribution in [2.75, 3.05) is 6.26 Å². The van der Waals surface area contributed by atoms with Gasteiger partial charge < -0.3 is 5.32 Å². The highest BCUT2D eigenvalue weighted by Gasteiger charge is 2.25. The van der Waals surface area contributed by atoms with Crippen LogP contribution in [-0.2, 0) is 23.3 Å². The number of hydrogen-bond acceptors (Lipinski definition) is 4. The second kappa shape index (κ2) is 5.81. The average Bonchev–Trinajstić information content (AvgIpc) is 2.89.